The highest BCUT2D eigenvalue weighted by molar-refractivity contribution is 5.88. The molecule has 2 aromatic carbocycles. The number of methoxy groups -OCH3 is 2. The second-order valence-electron chi connectivity index (χ2n) is 6.43. The van der Waals surface area contributed by atoms with Gasteiger partial charge in [-0.1, -0.05) is 18.2 Å². The highest BCUT2D eigenvalue weighted by atomic mass is 16.6. The number of hydrogen-bond donors (Lipinski definition) is 1. The van der Waals surface area contributed by atoms with E-state index in [1.807, 2.05) is 0 Å². The molecular weight excluding hydrogens is 374 g/mol. The minimum absolute atomic E-state index is 0.0409. The maximum absolute atomic E-state index is 12.7. The van der Waals surface area contributed by atoms with Crippen LogP contribution in [0, 0.1) is 11.3 Å². The van der Waals surface area contributed by atoms with Gasteiger partial charge in [0.2, 0.25) is 5.91 Å². The van der Waals surface area contributed by atoms with Gasteiger partial charge < -0.3 is 19.5 Å². The van der Waals surface area contributed by atoms with Gasteiger partial charge in [-0.15, -0.1) is 0 Å². The second kappa shape index (κ2) is 8.97. The van der Waals surface area contributed by atoms with Gasteiger partial charge in [0, 0.05) is 12.6 Å². The third-order valence-electron chi connectivity index (χ3n) is 4.63. The van der Waals surface area contributed by atoms with Crippen molar-refractivity contribution in [2.45, 2.75) is 19.1 Å². The van der Waals surface area contributed by atoms with Crippen LogP contribution in [0.3, 0.4) is 0 Å². The zero-order chi connectivity index (χ0) is 20.8. The highest BCUT2D eigenvalue weighted by Crippen LogP contribution is 2.23. The molecule has 1 aliphatic rings. The lowest BCUT2D eigenvalue weighted by atomic mass is 10.1. The van der Waals surface area contributed by atoms with Crippen LogP contribution in [0.4, 0.5) is 4.79 Å². The Morgan fingerprint density at radius 2 is 1.93 bits per heavy atom. The van der Waals surface area contributed by atoms with Crippen LogP contribution in [0.15, 0.2) is 42.5 Å². The molecule has 0 aromatic heterocycles. The van der Waals surface area contributed by atoms with Crippen LogP contribution >= 0.6 is 0 Å². The molecule has 29 heavy (non-hydrogen) atoms. The van der Waals surface area contributed by atoms with Crippen molar-refractivity contribution < 1.29 is 23.8 Å². The summed E-state index contributed by atoms with van der Waals surface area (Å²) >= 11 is 0. The van der Waals surface area contributed by atoms with Crippen LogP contribution in [0.1, 0.15) is 16.7 Å². The fraction of sp³-hybridized carbons (Fsp3) is 0.286. The highest BCUT2D eigenvalue weighted by Gasteiger charge is 2.38. The molecule has 3 rings (SSSR count). The van der Waals surface area contributed by atoms with Gasteiger partial charge in [-0.3, -0.25) is 9.69 Å². The molecule has 0 radical (unpaired) electrons. The average molecular weight is 395 g/mol. The van der Waals surface area contributed by atoms with E-state index in [1.54, 1.807) is 56.7 Å². The second-order valence-corrected chi connectivity index (χ2v) is 6.43. The number of nitrogens with zero attached hydrogens (tertiary/aromatic N) is 2. The first kappa shape index (κ1) is 20.0. The number of nitrogens with one attached hydrogen (secondary N) is 1. The van der Waals surface area contributed by atoms with Gasteiger partial charge >= 0.3 is 6.09 Å². The van der Waals surface area contributed by atoms with E-state index in [-0.39, 0.29) is 25.6 Å². The summed E-state index contributed by atoms with van der Waals surface area (Å²) in [5, 5.41) is 12.1. The number of hydrogen-bond acceptors (Lipinski definition) is 6. The van der Waals surface area contributed by atoms with Gasteiger partial charge in [-0.05, 0) is 29.3 Å². The average Bonchev–Trinajstić information content (AvgIpc) is 3.12. The number of ether oxygens (including phenoxy) is 3. The predicted octanol–water partition coefficient (Wildman–Crippen LogP) is 2.21. The molecular formula is C21H21N3O5. The van der Waals surface area contributed by atoms with Crippen LogP contribution in [0.5, 0.6) is 11.5 Å². The Kier molecular flexibility index (Phi) is 6.19. The molecule has 2 amide bonds. The van der Waals surface area contributed by atoms with E-state index in [1.165, 1.54) is 4.90 Å². The normalized spacial score (nSPS) is 15.4. The predicted molar refractivity (Wildman–Crippen MR) is 103 cm³/mol. The minimum Gasteiger partial charge on any atom is -0.497 e. The fourth-order valence-corrected chi connectivity index (χ4v) is 3.07. The summed E-state index contributed by atoms with van der Waals surface area (Å²) in [7, 11) is 3.10. The number of nitriles is 1. The van der Waals surface area contributed by atoms with E-state index in [0.717, 1.165) is 5.56 Å². The van der Waals surface area contributed by atoms with E-state index in [9.17, 15) is 14.9 Å². The van der Waals surface area contributed by atoms with Crippen molar-refractivity contribution >= 4 is 12.0 Å². The summed E-state index contributed by atoms with van der Waals surface area (Å²) in [4.78, 5) is 26.2. The molecule has 0 aliphatic carbocycles. The van der Waals surface area contributed by atoms with Gasteiger partial charge in [0.25, 0.3) is 0 Å². The Balaban J connectivity index is 1.70. The molecule has 1 atom stereocenters. The number of cyclic esters (lactones) is 1. The number of carbonyl (C=O) groups is 2. The Bertz CT molecular complexity index is 931. The monoisotopic (exact) mass is 395 g/mol. The van der Waals surface area contributed by atoms with Crippen molar-refractivity contribution in [2.24, 2.45) is 0 Å². The number of carbonyl (C=O) groups excluding carboxylic acids is 2. The molecule has 8 heteroatoms. The largest absolute Gasteiger partial charge is 0.497 e. The SMILES string of the molecule is COc1cc(CNC(=O)[C@@H]2COC(=O)N2Cc2ccccc2C#N)cc(OC)c1. The van der Waals surface area contributed by atoms with E-state index >= 15 is 0 Å². The molecule has 0 saturated carbocycles. The summed E-state index contributed by atoms with van der Waals surface area (Å²) in [5.74, 6) is 0.887. The van der Waals surface area contributed by atoms with E-state index < -0.39 is 12.1 Å². The number of benzene rings is 2. The van der Waals surface area contributed by atoms with E-state index in [4.69, 9.17) is 14.2 Å². The summed E-state index contributed by atoms with van der Waals surface area (Å²) in [6.07, 6.45) is -0.582. The maximum atomic E-state index is 12.7. The standard InChI is InChI=1S/C21H21N3O5/c1-27-17-7-14(8-18(9-17)28-2)11-23-20(25)19-13-29-21(26)24(19)12-16-6-4-3-5-15(16)10-22/h3-9,19H,11-13H2,1-2H3,(H,23,25)/t19-/m0/s1. The first-order valence-corrected chi connectivity index (χ1v) is 8.96. The summed E-state index contributed by atoms with van der Waals surface area (Å²) in [6.45, 7) is 0.314. The lowest BCUT2D eigenvalue weighted by molar-refractivity contribution is -0.125. The molecule has 2 aromatic rings. The van der Waals surface area contributed by atoms with Crippen molar-refractivity contribution in [1.82, 2.24) is 10.2 Å². The van der Waals surface area contributed by atoms with Crippen molar-refractivity contribution in [3.8, 4) is 17.6 Å². The molecule has 1 aliphatic heterocycles. The molecule has 1 heterocycles. The number of rotatable bonds is 7. The molecule has 1 N–H and O–H groups in total. The Labute approximate surface area is 168 Å². The quantitative estimate of drug-likeness (QED) is 0.771. The van der Waals surface area contributed by atoms with E-state index in [0.29, 0.717) is 22.6 Å². The summed E-state index contributed by atoms with van der Waals surface area (Å²) in [6, 6.07) is 13.6. The first-order valence-electron chi connectivity index (χ1n) is 8.96. The van der Waals surface area contributed by atoms with Crippen molar-refractivity contribution in [2.75, 3.05) is 20.8 Å². The van der Waals surface area contributed by atoms with Gasteiger partial charge in [0.15, 0.2) is 0 Å². The molecule has 0 unspecified atom stereocenters. The van der Waals surface area contributed by atoms with Crippen LogP contribution < -0.4 is 14.8 Å². The third kappa shape index (κ3) is 4.58. The molecule has 150 valence electrons. The van der Waals surface area contributed by atoms with Crippen LogP contribution in [-0.4, -0.2) is 43.8 Å². The van der Waals surface area contributed by atoms with Crippen LogP contribution in [0.2, 0.25) is 0 Å². The summed E-state index contributed by atoms with van der Waals surface area (Å²) in [5.41, 5.74) is 1.90. The van der Waals surface area contributed by atoms with Crippen LogP contribution in [0.25, 0.3) is 0 Å². The molecule has 0 bridgehead atoms. The van der Waals surface area contributed by atoms with Gasteiger partial charge in [-0.25, -0.2) is 4.79 Å². The molecule has 1 saturated heterocycles. The molecule has 1 fully saturated rings. The molecule has 0 spiro atoms. The Hall–Kier alpha value is -3.73. The van der Waals surface area contributed by atoms with Gasteiger partial charge in [0.1, 0.15) is 24.1 Å². The van der Waals surface area contributed by atoms with Crippen molar-refractivity contribution in [3.05, 3.63) is 59.2 Å². The Morgan fingerprint density at radius 3 is 2.59 bits per heavy atom. The lowest BCUT2D eigenvalue weighted by Gasteiger charge is -2.21. The zero-order valence-corrected chi connectivity index (χ0v) is 16.2. The van der Waals surface area contributed by atoms with Gasteiger partial charge in [-0.2, -0.15) is 5.26 Å². The van der Waals surface area contributed by atoms with Crippen molar-refractivity contribution in [1.29, 1.82) is 5.26 Å². The molecule has 8 nitrogen and oxygen atoms in total. The maximum Gasteiger partial charge on any atom is 0.410 e. The number of amides is 2. The lowest BCUT2D eigenvalue weighted by Crippen LogP contribution is -2.45. The first-order chi connectivity index (χ1) is 14.0. The zero-order valence-electron chi connectivity index (χ0n) is 16.2. The van der Waals surface area contributed by atoms with Crippen LogP contribution in [-0.2, 0) is 22.6 Å². The Morgan fingerprint density at radius 1 is 1.24 bits per heavy atom. The smallest absolute Gasteiger partial charge is 0.410 e. The summed E-state index contributed by atoms with van der Waals surface area (Å²) < 4.78 is 15.5. The topological polar surface area (TPSA) is 101 Å². The van der Waals surface area contributed by atoms with Crippen molar-refractivity contribution in [3.63, 3.8) is 0 Å². The third-order valence-corrected chi connectivity index (χ3v) is 4.63. The fourth-order valence-electron chi connectivity index (χ4n) is 3.07. The minimum atomic E-state index is -0.776. The van der Waals surface area contributed by atoms with Gasteiger partial charge in [0.05, 0.1) is 32.4 Å². The van der Waals surface area contributed by atoms with E-state index in [2.05, 4.69) is 11.4 Å².